The van der Waals surface area contributed by atoms with Crippen LogP contribution in [0.2, 0.25) is 0 Å². The molecular weight excluding hydrogens is 1450 g/mol. The number of likely N-dealkylation sites (N-methyl/N-ethyl adjacent to an activating group) is 1. The monoisotopic (exact) mass is 1570 g/mol. The van der Waals surface area contributed by atoms with E-state index in [-0.39, 0.29) is 43.5 Å². The Morgan fingerprint density at radius 1 is 0.528 bits per heavy atom. The molecule has 1 atom stereocenters. The fourth-order valence-electron chi connectivity index (χ4n) is 11.2. The van der Waals surface area contributed by atoms with Crippen LogP contribution in [0.4, 0.5) is 0 Å². The minimum atomic E-state index is -3.79. The molecule has 0 bridgehead atoms. The number of hydrogen-bond donors (Lipinski definition) is 6. The molecule has 0 aliphatic carbocycles. The third-order valence-corrected chi connectivity index (χ3v) is 27.5. The number of aliphatic hydroxyl groups is 3. The number of nitrogens with one attached hydrogen (secondary N) is 3. The van der Waals surface area contributed by atoms with Gasteiger partial charge in [-0.25, -0.2) is 51.5 Å². The Balaban J connectivity index is 0.000000281. The van der Waals surface area contributed by atoms with Crippen molar-refractivity contribution in [3.8, 4) is 0 Å². The van der Waals surface area contributed by atoms with Gasteiger partial charge in [0.15, 0.2) is 0 Å². The number of methoxy groups -OCH3 is 1. The lowest BCUT2D eigenvalue weighted by atomic mass is 9.87. The van der Waals surface area contributed by atoms with Crippen LogP contribution in [0.1, 0.15) is 151 Å². The summed E-state index contributed by atoms with van der Waals surface area (Å²) in [6, 6.07) is 34.8. The minimum absolute atomic E-state index is 0.00896. The summed E-state index contributed by atoms with van der Waals surface area (Å²) in [7, 11) is -14.3. The number of aliphatic hydroxyl groups excluding tert-OH is 3. The number of nitrogens with zero attached hydrogens (tertiary/aromatic N) is 5. The largest absolute Gasteiger partial charge is 0.395 e. The molecule has 0 amide bonds. The third kappa shape index (κ3) is 28.1. The smallest absolute Gasteiger partial charge is 0.243 e. The van der Waals surface area contributed by atoms with Crippen molar-refractivity contribution in [2.24, 2.45) is 0 Å². The standard InChI is InChI=1S/2C17H28N2O3S.C15H24N2O3S.C15H25NO4S.C14H21NO2S/c1-17(2,3)15-5-7-16(8-6-15)23(20,21)19-11-9-18(10-12-19)13-14-22-4;1-17(2,3)15-5-7-16(8-6-15)23(20,21)18-9-4-10-19-11-13-22-14-12-19;1-15(2,3)12-4-6-14(7-5-12)21(19,20)17-9-8-16-10-13(17)11-18;1-5-15(10-17,11-18)16-21(19,20)13-8-6-12(7-9-13)14(2,3)4;1-6-11-15(5)18(16,17)13-9-7-12(8-10-13)14(2,3)4/h5-8H,9-14H2,1-4H3;5-8,18H,4,9-14H2,1-3H3;4-7,13,16,18H,8-11H2,1-3H3;6-9,16-18H,5,10-11H2,1-4H3;6-10H,1,11H2,2-5H3. The van der Waals surface area contributed by atoms with E-state index in [1.54, 1.807) is 92.1 Å². The molecule has 3 aliphatic rings. The van der Waals surface area contributed by atoms with Crippen molar-refractivity contribution < 1.29 is 66.9 Å². The van der Waals surface area contributed by atoms with E-state index >= 15 is 0 Å². The van der Waals surface area contributed by atoms with E-state index in [1.165, 1.54) is 20.7 Å². The lowest BCUT2D eigenvalue weighted by Gasteiger charge is -2.34. The normalized spacial score (nSPS) is 16.8. The van der Waals surface area contributed by atoms with Gasteiger partial charge in [0.2, 0.25) is 50.1 Å². The predicted molar refractivity (Wildman–Crippen MR) is 425 cm³/mol. The molecule has 106 heavy (non-hydrogen) atoms. The van der Waals surface area contributed by atoms with Gasteiger partial charge in [-0.3, -0.25) is 9.80 Å². The van der Waals surface area contributed by atoms with Gasteiger partial charge in [-0.05, 0) is 135 Å². The minimum Gasteiger partial charge on any atom is -0.395 e. The number of ether oxygens (including phenoxy) is 2. The maximum atomic E-state index is 12.8. The zero-order valence-corrected chi connectivity index (χ0v) is 70.4. The van der Waals surface area contributed by atoms with Crippen LogP contribution < -0.4 is 14.8 Å². The fraction of sp³-hybridized carbons (Fsp3) is 0.590. The molecule has 5 aromatic rings. The molecule has 3 heterocycles. The van der Waals surface area contributed by atoms with E-state index in [2.05, 4.69) is 114 Å². The molecule has 3 aliphatic heterocycles. The first-order valence-corrected chi connectivity index (χ1v) is 43.6. The Labute approximate surface area is 637 Å². The van der Waals surface area contributed by atoms with Crippen molar-refractivity contribution in [2.75, 3.05) is 139 Å². The number of sulfonamides is 5. The molecule has 0 saturated carbocycles. The van der Waals surface area contributed by atoms with Gasteiger partial charge in [-0.15, -0.1) is 6.58 Å². The summed E-state index contributed by atoms with van der Waals surface area (Å²) in [4.78, 5) is 5.98. The van der Waals surface area contributed by atoms with Gasteiger partial charge in [0.05, 0.1) is 75.7 Å². The average molecular weight is 1580 g/mol. The number of piperazine rings is 2. The molecule has 23 nitrogen and oxygen atoms in total. The van der Waals surface area contributed by atoms with E-state index in [4.69, 9.17) is 9.47 Å². The Morgan fingerprint density at radius 2 is 0.906 bits per heavy atom. The van der Waals surface area contributed by atoms with Crippen molar-refractivity contribution in [1.82, 2.24) is 37.5 Å². The molecule has 1 unspecified atom stereocenters. The Morgan fingerprint density at radius 3 is 1.27 bits per heavy atom. The summed E-state index contributed by atoms with van der Waals surface area (Å²) in [5, 5.41) is 31.2. The van der Waals surface area contributed by atoms with Crippen LogP contribution in [0.25, 0.3) is 0 Å². The SMILES string of the molecule is C=CCN(C)S(=O)(=O)c1ccc(C(C)(C)C)cc1.CC(C)(C)c1ccc(S(=O)(=O)N2CCNCC2CO)cc1.CC(C)(C)c1ccc(S(=O)(=O)NCCCN2CCOCC2)cc1.CCC(CO)(CO)NS(=O)(=O)c1ccc(C(C)(C)C)cc1.COCCN1CCN(S(=O)(=O)c2ccc(C(C)(C)C)cc2)CC1. The van der Waals surface area contributed by atoms with Gasteiger partial charge in [0, 0.05) is 92.7 Å². The molecule has 3 saturated heterocycles. The highest BCUT2D eigenvalue weighted by Crippen LogP contribution is 2.30. The summed E-state index contributed by atoms with van der Waals surface area (Å²) in [5.74, 6) is 0. The summed E-state index contributed by atoms with van der Waals surface area (Å²) in [6.45, 7) is 46.2. The number of morpholine rings is 1. The highest BCUT2D eigenvalue weighted by atomic mass is 32.2. The molecular formula is C78H126N8O15S5. The highest BCUT2D eigenvalue weighted by molar-refractivity contribution is 7.90. The third-order valence-electron chi connectivity index (χ3n) is 18.7. The fourth-order valence-corrected chi connectivity index (χ4v) is 17.9. The van der Waals surface area contributed by atoms with Gasteiger partial charge >= 0.3 is 0 Å². The zero-order chi connectivity index (χ0) is 80.0. The molecule has 0 spiro atoms. The summed E-state index contributed by atoms with van der Waals surface area (Å²) in [6.07, 6.45) is 2.67. The summed E-state index contributed by atoms with van der Waals surface area (Å²) < 4.78 is 144. The highest BCUT2D eigenvalue weighted by Gasteiger charge is 2.36. The van der Waals surface area contributed by atoms with Crippen molar-refractivity contribution in [3.05, 3.63) is 162 Å². The molecule has 598 valence electrons. The van der Waals surface area contributed by atoms with E-state index < -0.39 is 74.9 Å². The van der Waals surface area contributed by atoms with E-state index in [1.807, 2.05) is 69.3 Å². The van der Waals surface area contributed by atoms with Gasteiger partial charge in [0.25, 0.3) is 0 Å². The van der Waals surface area contributed by atoms with E-state index in [0.29, 0.717) is 73.5 Å². The second-order valence-corrected chi connectivity index (χ2v) is 41.4. The van der Waals surface area contributed by atoms with Gasteiger partial charge in [-0.1, -0.05) is 178 Å². The Kier molecular flexibility index (Phi) is 35.5. The van der Waals surface area contributed by atoms with Crippen LogP contribution in [0.5, 0.6) is 0 Å². The number of hydrogen-bond acceptors (Lipinski definition) is 18. The first kappa shape index (κ1) is 93.4. The molecule has 6 N–H and O–H groups in total. The quantitative estimate of drug-likeness (QED) is 0.0248. The molecule has 5 aromatic carbocycles. The summed E-state index contributed by atoms with van der Waals surface area (Å²) in [5.41, 5.74) is 4.29. The topological polar surface area (TPSA) is 302 Å². The Hall–Kier alpha value is -4.93. The van der Waals surface area contributed by atoms with Crippen molar-refractivity contribution in [2.45, 2.75) is 187 Å². The predicted octanol–water partition coefficient (Wildman–Crippen LogP) is 9.05. The van der Waals surface area contributed by atoms with Crippen LogP contribution in [0.15, 0.2) is 158 Å². The lowest BCUT2D eigenvalue weighted by Crippen LogP contribution is -2.54. The molecule has 8 rings (SSSR count). The van der Waals surface area contributed by atoms with Crippen molar-refractivity contribution in [1.29, 1.82) is 0 Å². The van der Waals surface area contributed by atoms with Gasteiger partial charge in [0.1, 0.15) is 0 Å². The molecule has 0 radical (unpaired) electrons. The van der Waals surface area contributed by atoms with Crippen LogP contribution in [0.3, 0.4) is 0 Å². The lowest BCUT2D eigenvalue weighted by molar-refractivity contribution is 0.0376. The second kappa shape index (κ2) is 40.3. The van der Waals surface area contributed by atoms with Gasteiger partial charge in [-0.2, -0.15) is 12.9 Å². The molecule has 3 fully saturated rings. The zero-order valence-electron chi connectivity index (χ0n) is 66.3. The van der Waals surface area contributed by atoms with Crippen LogP contribution >= 0.6 is 0 Å². The average Bonchev–Trinajstić information content (AvgIpc) is 0.783. The van der Waals surface area contributed by atoms with Crippen LogP contribution in [-0.2, 0) is 86.7 Å². The van der Waals surface area contributed by atoms with Gasteiger partial charge < -0.3 is 30.1 Å². The van der Waals surface area contributed by atoms with Crippen molar-refractivity contribution in [3.63, 3.8) is 0 Å². The summed E-state index contributed by atoms with van der Waals surface area (Å²) >= 11 is 0. The maximum Gasteiger partial charge on any atom is 0.243 e. The second-order valence-electron chi connectivity index (χ2n) is 32.1. The maximum absolute atomic E-state index is 12.8. The van der Waals surface area contributed by atoms with E-state index in [9.17, 15) is 57.4 Å². The van der Waals surface area contributed by atoms with E-state index in [0.717, 1.165) is 86.7 Å². The molecule has 28 heteroatoms. The molecule has 0 aromatic heterocycles. The van der Waals surface area contributed by atoms with Crippen LogP contribution in [-0.4, -0.2) is 231 Å². The number of benzene rings is 5. The first-order valence-electron chi connectivity index (χ1n) is 36.3. The number of rotatable bonds is 24. The van der Waals surface area contributed by atoms with Crippen LogP contribution in [0, 0.1) is 0 Å². The Bertz CT molecular complexity index is 4050. The first-order chi connectivity index (χ1) is 49.1. The van der Waals surface area contributed by atoms with Crippen molar-refractivity contribution >= 4 is 50.1 Å².